The van der Waals surface area contributed by atoms with Gasteiger partial charge in [-0.1, -0.05) is 44.8 Å². The van der Waals surface area contributed by atoms with Gasteiger partial charge in [-0.3, -0.25) is 4.55 Å². The number of unbranched alkanes of at least 4 members (excludes halogenated alkanes) is 6. The Balaban J connectivity index is 3.16. The molecule has 4 nitrogen and oxygen atoms in total. The van der Waals surface area contributed by atoms with Crippen LogP contribution in [-0.4, -0.2) is 19.6 Å². The van der Waals surface area contributed by atoms with Crippen LogP contribution in [-0.2, 0) is 14.6 Å². The van der Waals surface area contributed by atoms with E-state index in [1.165, 1.54) is 19.3 Å². The quantitative estimate of drug-likeness (QED) is 0.352. The van der Waals surface area contributed by atoms with Crippen molar-refractivity contribution >= 4 is 10.4 Å². The molecule has 0 rings (SSSR count). The van der Waals surface area contributed by atoms with Crippen LogP contribution in [0.5, 0.6) is 0 Å². The fourth-order valence-corrected chi connectivity index (χ4v) is 1.77. The lowest BCUT2D eigenvalue weighted by molar-refractivity contribution is 0.261. The first-order chi connectivity index (χ1) is 8.06. The summed E-state index contributed by atoms with van der Waals surface area (Å²) in [6, 6.07) is 0. The Morgan fingerprint density at radius 2 is 1.59 bits per heavy atom. The van der Waals surface area contributed by atoms with Crippen LogP contribution < -0.4 is 0 Å². The third kappa shape index (κ3) is 15.6. The van der Waals surface area contributed by atoms with Crippen LogP contribution in [0.25, 0.3) is 0 Å². The van der Waals surface area contributed by atoms with Crippen LogP contribution >= 0.6 is 0 Å². The molecule has 0 bridgehead atoms. The molecule has 0 fully saturated rings. The third-order valence-electron chi connectivity index (χ3n) is 2.39. The first kappa shape index (κ1) is 16.6. The highest BCUT2D eigenvalue weighted by Crippen LogP contribution is 2.05. The fraction of sp³-hybridized carbons (Fsp3) is 0.833. The smallest absolute Gasteiger partial charge is 0.264 e. The Hall–Kier alpha value is -0.390. The summed E-state index contributed by atoms with van der Waals surface area (Å²) in [5.41, 5.74) is 0. The molecular weight excluding hydrogens is 240 g/mol. The van der Waals surface area contributed by atoms with Gasteiger partial charge in [-0.05, 0) is 25.7 Å². The SMILES string of the molecule is CCCC/C=C\CCCCCCOS(=O)(=O)O. The second-order valence-electron chi connectivity index (χ2n) is 4.07. The highest BCUT2D eigenvalue weighted by Gasteiger charge is 2.02. The monoisotopic (exact) mass is 264 g/mol. The Morgan fingerprint density at radius 1 is 1.00 bits per heavy atom. The second-order valence-corrected chi connectivity index (χ2v) is 5.16. The molecule has 0 saturated carbocycles. The molecule has 0 radical (unpaired) electrons. The summed E-state index contributed by atoms with van der Waals surface area (Å²) in [4.78, 5) is 0. The van der Waals surface area contributed by atoms with Crippen molar-refractivity contribution in [3.8, 4) is 0 Å². The zero-order chi connectivity index (χ0) is 13.0. The van der Waals surface area contributed by atoms with Crippen molar-refractivity contribution in [1.29, 1.82) is 0 Å². The Bertz CT molecular complexity index is 283. The predicted octanol–water partition coefficient (Wildman–Crippen LogP) is 3.50. The van der Waals surface area contributed by atoms with Crippen molar-refractivity contribution in [2.75, 3.05) is 6.61 Å². The number of hydrogen-bond donors (Lipinski definition) is 1. The van der Waals surface area contributed by atoms with Crippen molar-refractivity contribution in [1.82, 2.24) is 0 Å². The lowest BCUT2D eigenvalue weighted by Crippen LogP contribution is -2.04. The average molecular weight is 264 g/mol. The Morgan fingerprint density at radius 3 is 2.18 bits per heavy atom. The fourth-order valence-electron chi connectivity index (χ4n) is 1.44. The molecule has 0 amide bonds. The van der Waals surface area contributed by atoms with Crippen LogP contribution in [0.3, 0.4) is 0 Å². The van der Waals surface area contributed by atoms with Crippen LogP contribution in [0, 0.1) is 0 Å². The Labute approximate surface area is 105 Å². The molecule has 5 heteroatoms. The topological polar surface area (TPSA) is 63.6 Å². The molecule has 0 atom stereocenters. The van der Waals surface area contributed by atoms with Crippen LogP contribution in [0.4, 0.5) is 0 Å². The number of hydrogen-bond acceptors (Lipinski definition) is 3. The molecule has 0 aliphatic rings. The van der Waals surface area contributed by atoms with E-state index in [9.17, 15) is 8.42 Å². The van der Waals surface area contributed by atoms with Crippen molar-refractivity contribution in [3.05, 3.63) is 12.2 Å². The minimum Gasteiger partial charge on any atom is -0.264 e. The molecule has 1 N–H and O–H groups in total. The summed E-state index contributed by atoms with van der Waals surface area (Å²) in [7, 11) is -4.25. The molecule has 0 aromatic heterocycles. The van der Waals surface area contributed by atoms with Gasteiger partial charge in [-0.15, -0.1) is 0 Å². The summed E-state index contributed by atoms with van der Waals surface area (Å²) in [5, 5.41) is 0. The van der Waals surface area contributed by atoms with Gasteiger partial charge >= 0.3 is 10.4 Å². The maximum Gasteiger partial charge on any atom is 0.397 e. The first-order valence-corrected chi connectivity index (χ1v) is 7.69. The van der Waals surface area contributed by atoms with E-state index in [4.69, 9.17) is 4.55 Å². The van der Waals surface area contributed by atoms with Gasteiger partial charge in [0.05, 0.1) is 6.61 Å². The molecule has 0 heterocycles. The predicted molar refractivity (Wildman–Crippen MR) is 69.3 cm³/mol. The van der Waals surface area contributed by atoms with Crippen molar-refractivity contribution in [3.63, 3.8) is 0 Å². The van der Waals surface area contributed by atoms with Crippen molar-refractivity contribution in [2.24, 2.45) is 0 Å². The molecule has 0 aliphatic carbocycles. The van der Waals surface area contributed by atoms with Gasteiger partial charge in [0.2, 0.25) is 0 Å². The molecule has 0 saturated heterocycles. The molecule has 0 spiro atoms. The number of allylic oxidation sites excluding steroid dienone is 2. The Kier molecular flexibility index (Phi) is 10.5. The van der Waals surface area contributed by atoms with Gasteiger partial charge < -0.3 is 0 Å². The van der Waals surface area contributed by atoms with E-state index in [0.717, 1.165) is 25.7 Å². The van der Waals surface area contributed by atoms with Gasteiger partial charge in [0.15, 0.2) is 0 Å². The maximum atomic E-state index is 10.2. The normalized spacial score (nSPS) is 12.4. The third-order valence-corrected chi connectivity index (χ3v) is 2.85. The highest BCUT2D eigenvalue weighted by molar-refractivity contribution is 7.80. The van der Waals surface area contributed by atoms with E-state index in [1.54, 1.807) is 0 Å². The first-order valence-electron chi connectivity index (χ1n) is 6.33. The second kappa shape index (κ2) is 10.7. The molecule has 0 aliphatic heterocycles. The van der Waals surface area contributed by atoms with E-state index in [1.807, 2.05) is 0 Å². The van der Waals surface area contributed by atoms with Crippen molar-refractivity contribution < 1.29 is 17.2 Å². The van der Waals surface area contributed by atoms with Crippen LogP contribution in [0.1, 0.15) is 58.3 Å². The lowest BCUT2D eigenvalue weighted by atomic mass is 10.1. The number of rotatable bonds is 11. The van der Waals surface area contributed by atoms with E-state index in [-0.39, 0.29) is 6.61 Å². The molecule has 102 valence electrons. The van der Waals surface area contributed by atoms with Gasteiger partial charge in [0, 0.05) is 0 Å². The maximum absolute atomic E-state index is 10.2. The minimum absolute atomic E-state index is 0.0746. The van der Waals surface area contributed by atoms with Gasteiger partial charge in [-0.2, -0.15) is 8.42 Å². The molecule has 0 unspecified atom stereocenters. The van der Waals surface area contributed by atoms with E-state index >= 15 is 0 Å². The molecule has 17 heavy (non-hydrogen) atoms. The summed E-state index contributed by atoms with van der Waals surface area (Å²) < 4.78 is 32.9. The van der Waals surface area contributed by atoms with E-state index < -0.39 is 10.4 Å². The minimum atomic E-state index is -4.25. The molecule has 0 aromatic rings. The molecular formula is C12H24O4S. The van der Waals surface area contributed by atoms with Gasteiger partial charge in [0.25, 0.3) is 0 Å². The zero-order valence-corrected chi connectivity index (χ0v) is 11.4. The summed E-state index contributed by atoms with van der Waals surface area (Å²) in [6.07, 6.45) is 13.0. The lowest BCUT2D eigenvalue weighted by Gasteiger charge is -1.99. The molecule has 0 aromatic carbocycles. The summed E-state index contributed by atoms with van der Waals surface area (Å²) >= 11 is 0. The highest BCUT2D eigenvalue weighted by atomic mass is 32.3. The van der Waals surface area contributed by atoms with E-state index in [0.29, 0.717) is 6.42 Å². The average Bonchev–Trinajstić information content (AvgIpc) is 2.24. The zero-order valence-electron chi connectivity index (χ0n) is 10.6. The van der Waals surface area contributed by atoms with Crippen molar-refractivity contribution in [2.45, 2.75) is 58.3 Å². The standard InChI is InChI=1S/C12H24O4S/c1-2-3-4-5-6-7-8-9-10-11-12-16-17(13,14)15/h5-6H,2-4,7-12H2,1H3,(H,13,14,15)/b6-5-. The van der Waals surface area contributed by atoms with E-state index in [2.05, 4.69) is 23.3 Å². The summed E-state index contributed by atoms with van der Waals surface area (Å²) in [6.45, 7) is 2.26. The largest absolute Gasteiger partial charge is 0.397 e. The van der Waals surface area contributed by atoms with Gasteiger partial charge in [-0.25, -0.2) is 4.18 Å². The van der Waals surface area contributed by atoms with Crippen LogP contribution in [0.2, 0.25) is 0 Å². The summed E-state index contributed by atoms with van der Waals surface area (Å²) in [5.74, 6) is 0. The van der Waals surface area contributed by atoms with Gasteiger partial charge in [0.1, 0.15) is 0 Å². The van der Waals surface area contributed by atoms with Crippen LogP contribution in [0.15, 0.2) is 12.2 Å².